The van der Waals surface area contributed by atoms with Crippen molar-refractivity contribution in [3.05, 3.63) is 24.0 Å². The third-order valence-electron chi connectivity index (χ3n) is 1.76. The van der Waals surface area contributed by atoms with Gasteiger partial charge >= 0.3 is 5.97 Å². The minimum atomic E-state index is -0.302. The van der Waals surface area contributed by atoms with Crippen LogP contribution in [0.1, 0.15) is 23.8 Å². The van der Waals surface area contributed by atoms with Crippen LogP contribution in [0.15, 0.2) is 18.3 Å². The number of nitrogens with one attached hydrogen (secondary N) is 2. The number of hydrogen-bond acceptors (Lipinski definition) is 3. The summed E-state index contributed by atoms with van der Waals surface area (Å²) in [6.45, 7) is 2.40. The Bertz CT molecular complexity index is 319. The fraction of sp³-hybridized carbons (Fsp3) is 0.400. The van der Waals surface area contributed by atoms with Crippen LogP contribution in [0.5, 0.6) is 0 Å². The molecule has 0 aromatic carbocycles. The zero-order valence-electron chi connectivity index (χ0n) is 8.58. The molecule has 0 radical (unpaired) electrons. The van der Waals surface area contributed by atoms with Crippen molar-refractivity contribution >= 4 is 11.9 Å². The normalized spacial score (nSPS) is 9.67. The average Bonchev–Trinajstić information content (AvgIpc) is 2.70. The van der Waals surface area contributed by atoms with Crippen LogP contribution in [0, 0.1) is 0 Å². The van der Waals surface area contributed by atoms with Crippen molar-refractivity contribution in [2.24, 2.45) is 0 Å². The average molecular weight is 210 g/mol. The Morgan fingerprint density at radius 3 is 2.93 bits per heavy atom. The molecule has 0 unspecified atom stereocenters. The van der Waals surface area contributed by atoms with E-state index in [0.717, 1.165) is 0 Å². The molecule has 0 fully saturated rings. The minimum absolute atomic E-state index is 0.195. The summed E-state index contributed by atoms with van der Waals surface area (Å²) < 4.78 is 4.72. The zero-order valence-corrected chi connectivity index (χ0v) is 8.58. The summed E-state index contributed by atoms with van der Waals surface area (Å²) in [5.41, 5.74) is 0.485. The Hall–Kier alpha value is -1.78. The molecular formula is C10H14N2O3. The van der Waals surface area contributed by atoms with Crippen molar-refractivity contribution < 1.29 is 14.3 Å². The third-order valence-corrected chi connectivity index (χ3v) is 1.76. The first-order valence-corrected chi connectivity index (χ1v) is 4.81. The Morgan fingerprint density at radius 1 is 1.53 bits per heavy atom. The molecular weight excluding hydrogens is 196 g/mol. The van der Waals surface area contributed by atoms with Crippen LogP contribution in [0.2, 0.25) is 0 Å². The topological polar surface area (TPSA) is 71.2 Å². The molecule has 15 heavy (non-hydrogen) atoms. The quantitative estimate of drug-likeness (QED) is 0.703. The van der Waals surface area contributed by atoms with Crippen LogP contribution in [0.3, 0.4) is 0 Å². The van der Waals surface area contributed by atoms with Gasteiger partial charge in [-0.25, -0.2) is 0 Å². The Labute approximate surface area is 87.8 Å². The van der Waals surface area contributed by atoms with Gasteiger partial charge in [0.1, 0.15) is 5.69 Å². The first-order valence-electron chi connectivity index (χ1n) is 4.81. The molecule has 0 aliphatic rings. The van der Waals surface area contributed by atoms with Gasteiger partial charge in [-0.15, -0.1) is 0 Å². The lowest BCUT2D eigenvalue weighted by Crippen LogP contribution is -2.26. The van der Waals surface area contributed by atoms with E-state index in [1.54, 1.807) is 25.3 Å². The summed E-state index contributed by atoms with van der Waals surface area (Å²) in [6.07, 6.45) is 1.86. The van der Waals surface area contributed by atoms with Gasteiger partial charge in [0, 0.05) is 12.7 Å². The second-order valence-electron chi connectivity index (χ2n) is 2.89. The molecule has 2 N–H and O–H groups in total. The van der Waals surface area contributed by atoms with E-state index in [-0.39, 0.29) is 24.8 Å². The number of carbonyl (C=O) groups excluding carboxylic acids is 2. The van der Waals surface area contributed by atoms with Crippen LogP contribution in [0.4, 0.5) is 0 Å². The molecule has 1 rings (SSSR count). The number of rotatable bonds is 5. The first-order chi connectivity index (χ1) is 7.24. The van der Waals surface area contributed by atoms with Crippen molar-refractivity contribution in [1.29, 1.82) is 0 Å². The third kappa shape index (κ3) is 3.84. The molecule has 5 heteroatoms. The lowest BCUT2D eigenvalue weighted by molar-refractivity contribution is -0.142. The number of aromatic amines is 1. The van der Waals surface area contributed by atoms with Crippen molar-refractivity contribution in [3.8, 4) is 0 Å². The van der Waals surface area contributed by atoms with Gasteiger partial charge in [0.05, 0.1) is 13.0 Å². The smallest absolute Gasteiger partial charge is 0.307 e. The first kappa shape index (κ1) is 11.3. The van der Waals surface area contributed by atoms with E-state index in [9.17, 15) is 9.59 Å². The van der Waals surface area contributed by atoms with E-state index in [1.807, 2.05) is 0 Å². The monoisotopic (exact) mass is 210 g/mol. The molecule has 0 saturated carbocycles. The fourth-order valence-electron chi connectivity index (χ4n) is 1.08. The highest BCUT2D eigenvalue weighted by atomic mass is 16.5. The Balaban J connectivity index is 2.21. The molecule has 0 aliphatic heterocycles. The molecule has 0 atom stereocenters. The standard InChI is InChI=1S/C10H14N2O3/c1-2-15-9(13)5-7-12-10(14)8-4-3-6-11-8/h3-4,6,11H,2,5,7H2,1H3,(H,12,14). The van der Waals surface area contributed by atoms with E-state index >= 15 is 0 Å². The predicted molar refractivity (Wildman–Crippen MR) is 54.4 cm³/mol. The second-order valence-corrected chi connectivity index (χ2v) is 2.89. The molecule has 82 valence electrons. The summed E-state index contributed by atoms with van der Waals surface area (Å²) in [5.74, 6) is -0.520. The maximum atomic E-state index is 11.4. The van der Waals surface area contributed by atoms with Crippen LogP contribution < -0.4 is 5.32 Å². The van der Waals surface area contributed by atoms with Gasteiger partial charge in [-0.3, -0.25) is 9.59 Å². The number of esters is 1. The maximum absolute atomic E-state index is 11.4. The van der Waals surface area contributed by atoms with E-state index in [1.165, 1.54) is 0 Å². The molecule has 0 aliphatic carbocycles. The Morgan fingerprint density at radius 2 is 2.33 bits per heavy atom. The van der Waals surface area contributed by atoms with E-state index in [2.05, 4.69) is 10.3 Å². The molecule has 0 bridgehead atoms. The molecule has 0 saturated heterocycles. The van der Waals surface area contributed by atoms with Gasteiger partial charge in [0.25, 0.3) is 5.91 Å². The highest BCUT2D eigenvalue weighted by Crippen LogP contribution is 1.93. The van der Waals surface area contributed by atoms with Crippen LogP contribution in [-0.4, -0.2) is 30.0 Å². The molecule has 5 nitrogen and oxygen atoms in total. The van der Waals surface area contributed by atoms with Gasteiger partial charge in [-0.1, -0.05) is 0 Å². The lowest BCUT2D eigenvalue weighted by Gasteiger charge is -2.03. The summed E-state index contributed by atoms with van der Waals surface area (Å²) in [4.78, 5) is 25.1. The zero-order chi connectivity index (χ0) is 11.1. The molecule has 1 aromatic heterocycles. The van der Waals surface area contributed by atoms with Crippen LogP contribution >= 0.6 is 0 Å². The number of aromatic nitrogens is 1. The largest absolute Gasteiger partial charge is 0.466 e. The summed E-state index contributed by atoms with van der Waals surface area (Å²) >= 11 is 0. The highest BCUT2D eigenvalue weighted by molar-refractivity contribution is 5.92. The summed E-state index contributed by atoms with van der Waals surface area (Å²) in [6, 6.07) is 3.40. The summed E-state index contributed by atoms with van der Waals surface area (Å²) in [5, 5.41) is 2.60. The number of H-pyrrole nitrogens is 1. The number of amides is 1. The molecule has 1 heterocycles. The van der Waals surface area contributed by atoms with Gasteiger partial charge in [-0.05, 0) is 19.1 Å². The summed E-state index contributed by atoms with van der Waals surface area (Å²) in [7, 11) is 0. The molecule has 1 amide bonds. The van der Waals surface area contributed by atoms with E-state index in [0.29, 0.717) is 12.3 Å². The predicted octanol–water partition coefficient (Wildman–Crippen LogP) is 0.698. The van der Waals surface area contributed by atoms with E-state index in [4.69, 9.17) is 4.74 Å². The van der Waals surface area contributed by atoms with Crippen molar-refractivity contribution in [3.63, 3.8) is 0 Å². The van der Waals surface area contributed by atoms with E-state index < -0.39 is 0 Å². The second kappa shape index (κ2) is 5.85. The van der Waals surface area contributed by atoms with Gasteiger partial charge < -0.3 is 15.0 Å². The fourth-order valence-corrected chi connectivity index (χ4v) is 1.08. The van der Waals surface area contributed by atoms with Gasteiger partial charge in [0.2, 0.25) is 0 Å². The van der Waals surface area contributed by atoms with Crippen molar-refractivity contribution in [2.75, 3.05) is 13.2 Å². The molecule has 0 spiro atoms. The SMILES string of the molecule is CCOC(=O)CCNC(=O)c1ccc[nH]1. The number of ether oxygens (including phenoxy) is 1. The Kier molecular flexibility index (Phi) is 4.40. The lowest BCUT2D eigenvalue weighted by atomic mass is 10.4. The minimum Gasteiger partial charge on any atom is -0.466 e. The van der Waals surface area contributed by atoms with Gasteiger partial charge in [-0.2, -0.15) is 0 Å². The number of carbonyl (C=O) groups is 2. The maximum Gasteiger partial charge on any atom is 0.307 e. The van der Waals surface area contributed by atoms with Gasteiger partial charge in [0.15, 0.2) is 0 Å². The highest BCUT2D eigenvalue weighted by Gasteiger charge is 2.06. The van der Waals surface area contributed by atoms with Crippen molar-refractivity contribution in [1.82, 2.24) is 10.3 Å². The van der Waals surface area contributed by atoms with Crippen molar-refractivity contribution in [2.45, 2.75) is 13.3 Å². The molecule has 1 aromatic rings. The van der Waals surface area contributed by atoms with Crippen LogP contribution in [0.25, 0.3) is 0 Å². The number of hydrogen-bond donors (Lipinski definition) is 2. The van der Waals surface area contributed by atoms with Crippen LogP contribution in [-0.2, 0) is 9.53 Å².